The van der Waals surface area contributed by atoms with Crippen LogP contribution in [-0.4, -0.2) is 17.8 Å². The molecule has 0 bridgehead atoms. The fourth-order valence-corrected chi connectivity index (χ4v) is 2.96. The second kappa shape index (κ2) is 9.71. The van der Waals surface area contributed by atoms with Crippen LogP contribution in [0.3, 0.4) is 0 Å². The highest BCUT2D eigenvalue weighted by atomic mass is 35.5. The van der Waals surface area contributed by atoms with E-state index in [0.29, 0.717) is 27.7 Å². The number of anilines is 2. The normalized spacial score (nSPS) is 10.2. The Morgan fingerprint density at radius 2 is 1.53 bits per heavy atom. The molecule has 2 N–H and O–H groups in total. The van der Waals surface area contributed by atoms with Gasteiger partial charge in [-0.1, -0.05) is 29.8 Å². The molecule has 0 radical (unpaired) electrons. The molecule has 0 aliphatic rings. The van der Waals surface area contributed by atoms with Gasteiger partial charge in [-0.15, -0.1) is 0 Å². The number of halogens is 1. The smallest absolute Gasteiger partial charge is 0.308 e. The molecule has 0 saturated heterocycles. The van der Waals surface area contributed by atoms with Gasteiger partial charge in [0.2, 0.25) is 5.91 Å². The summed E-state index contributed by atoms with van der Waals surface area (Å²) in [7, 11) is 0. The number of nitrogens with one attached hydrogen (secondary N) is 2. The van der Waals surface area contributed by atoms with Crippen molar-refractivity contribution in [3.8, 4) is 5.75 Å². The predicted octanol–water partition coefficient (Wildman–Crippen LogP) is 4.70. The van der Waals surface area contributed by atoms with E-state index in [-0.39, 0.29) is 18.2 Å². The van der Waals surface area contributed by atoms with E-state index < -0.39 is 5.97 Å². The van der Waals surface area contributed by atoms with Gasteiger partial charge in [0.1, 0.15) is 5.75 Å². The summed E-state index contributed by atoms with van der Waals surface area (Å²) in [6, 6.07) is 20.2. The van der Waals surface area contributed by atoms with Crippen molar-refractivity contribution in [1.29, 1.82) is 0 Å². The largest absolute Gasteiger partial charge is 0.427 e. The van der Waals surface area contributed by atoms with Gasteiger partial charge >= 0.3 is 5.97 Å². The average molecular weight is 423 g/mol. The first-order valence-electron chi connectivity index (χ1n) is 9.13. The fraction of sp³-hybridized carbons (Fsp3) is 0.0870. The number of esters is 1. The van der Waals surface area contributed by atoms with Crippen LogP contribution < -0.4 is 15.4 Å². The van der Waals surface area contributed by atoms with Crippen molar-refractivity contribution in [2.24, 2.45) is 0 Å². The van der Waals surface area contributed by atoms with Gasteiger partial charge in [0.25, 0.3) is 5.91 Å². The summed E-state index contributed by atoms with van der Waals surface area (Å²) in [6.07, 6.45) is 0.206. The first kappa shape index (κ1) is 21.1. The summed E-state index contributed by atoms with van der Waals surface area (Å²) in [5, 5.41) is 6.15. The molecular weight excluding hydrogens is 404 g/mol. The number of hydrogen-bond donors (Lipinski definition) is 2. The summed E-state index contributed by atoms with van der Waals surface area (Å²) in [5.41, 5.74) is 2.34. The van der Waals surface area contributed by atoms with Crippen molar-refractivity contribution in [3.05, 3.63) is 88.9 Å². The Balaban J connectivity index is 1.58. The Hall–Kier alpha value is -3.64. The molecule has 0 unspecified atom stereocenters. The van der Waals surface area contributed by atoms with Crippen LogP contribution in [0.5, 0.6) is 5.75 Å². The molecule has 0 atom stereocenters. The van der Waals surface area contributed by atoms with E-state index in [1.54, 1.807) is 60.7 Å². The molecule has 3 aromatic rings. The van der Waals surface area contributed by atoms with Crippen molar-refractivity contribution in [2.45, 2.75) is 13.3 Å². The highest BCUT2D eigenvalue weighted by Crippen LogP contribution is 2.18. The maximum Gasteiger partial charge on any atom is 0.308 e. The van der Waals surface area contributed by atoms with Crippen molar-refractivity contribution in [3.63, 3.8) is 0 Å². The molecule has 0 heterocycles. The summed E-state index contributed by atoms with van der Waals surface area (Å²) < 4.78 is 4.99. The Labute approximate surface area is 178 Å². The van der Waals surface area contributed by atoms with Crippen LogP contribution in [0.1, 0.15) is 22.8 Å². The van der Waals surface area contributed by atoms with Crippen LogP contribution >= 0.6 is 11.6 Å². The SMILES string of the molecule is CC(=O)Oc1cccc(C(=O)Nc2ccc(NC(=O)Cc3cccc(Cl)c3)cc2)c1. The number of amides is 2. The summed E-state index contributed by atoms with van der Waals surface area (Å²) in [5.74, 6) is -0.674. The number of hydrogen-bond acceptors (Lipinski definition) is 4. The summed E-state index contributed by atoms with van der Waals surface area (Å²) in [6.45, 7) is 1.29. The average Bonchev–Trinajstić information content (AvgIpc) is 2.69. The minimum atomic E-state index is -0.458. The predicted molar refractivity (Wildman–Crippen MR) is 116 cm³/mol. The van der Waals surface area contributed by atoms with Gasteiger partial charge in [-0.05, 0) is 60.2 Å². The van der Waals surface area contributed by atoms with E-state index in [9.17, 15) is 14.4 Å². The quantitative estimate of drug-likeness (QED) is 0.445. The Kier molecular flexibility index (Phi) is 6.83. The third kappa shape index (κ3) is 6.18. The molecule has 0 aliphatic carbocycles. The molecular formula is C23H19ClN2O4. The van der Waals surface area contributed by atoms with Gasteiger partial charge in [-0.3, -0.25) is 14.4 Å². The second-order valence-corrected chi connectivity index (χ2v) is 6.94. The number of benzene rings is 3. The molecule has 3 aromatic carbocycles. The van der Waals surface area contributed by atoms with Crippen LogP contribution in [-0.2, 0) is 16.0 Å². The Morgan fingerprint density at radius 1 is 0.867 bits per heavy atom. The Morgan fingerprint density at radius 3 is 2.20 bits per heavy atom. The van der Waals surface area contributed by atoms with Crippen molar-refractivity contribution >= 4 is 40.8 Å². The third-order valence-corrected chi connectivity index (χ3v) is 4.27. The minimum Gasteiger partial charge on any atom is -0.427 e. The molecule has 0 aliphatic heterocycles. The molecule has 0 aromatic heterocycles. The lowest BCUT2D eigenvalue weighted by Gasteiger charge is -2.09. The number of rotatable bonds is 6. The topological polar surface area (TPSA) is 84.5 Å². The van der Waals surface area contributed by atoms with Crippen molar-refractivity contribution in [1.82, 2.24) is 0 Å². The Bertz CT molecular complexity index is 1080. The van der Waals surface area contributed by atoms with Crippen molar-refractivity contribution < 1.29 is 19.1 Å². The van der Waals surface area contributed by atoms with Crippen molar-refractivity contribution in [2.75, 3.05) is 10.6 Å². The van der Waals surface area contributed by atoms with E-state index in [4.69, 9.17) is 16.3 Å². The van der Waals surface area contributed by atoms with Crippen LogP contribution in [0.25, 0.3) is 0 Å². The zero-order chi connectivity index (χ0) is 21.5. The third-order valence-electron chi connectivity index (χ3n) is 4.04. The first-order valence-corrected chi connectivity index (χ1v) is 9.51. The number of ether oxygens (including phenoxy) is 1. The van der Waals surface area contributed by atoms with Gasteiger partial charge in [0.15, 0.2) is 0 Å². The zero-order valence-electron chi connectivity index (χ0n) is 16.1. The zero-order valence-corrected chi connectivity index (χ0v) is 16.9. The molecule has 3 rings (SSSR count). The van der Waals surface area contributed by atoms with Crippen LogP contribution in [0.2, 0.25) is 5.02 Å². The molecule has 0 fully saturated rings. The number of carbonyl (C=O) groups excluding carboxylic acids is 3. The second-order valence-electron chi connectivity index (χ2n) is 6.51. The highest BCUT2D eigenvalue weighted by Gasteiger charge is 2.09. The van der Waals surface area contributed by atoms with Gasteiger partial charge < -0.3 is 15.4 Å². The van der Waals surface area contributed by atoms with Gasteiger partial charge in [0.05, 0.1) is 6.42 Å². The lowest BCUT2D eigenvalue weighted by atomic mass is 10.1. The van der Waals surface area contributed by atoms with E-state index >= 15 is 0 Å². The summed E-state index contributed by atoms with van der Waals surface area (Å²) in [4.78, 5) is 35.7. The van der Waals surface area contributed by atoms with Crippen LogP contribution in [0.4, 0.5) is 11.4 Å². The summed E-state index contributed by atoms with van der Waals surface area (Å²) >= 11 is 5.93. The van der Waals surface area contributed by atoms with Crippen LogP contribution in [0.15, 0.2) is 72.8 Å². The maximum atomic E-state index is 12.4. The lowest BCUT2D eigenvalue weighted by molar-refractivity contribution is -0.131. The molecule has 30 heavy (non-hydrogen) atoms. The van der Waals surface area contributed by atoms with Gasteiger partial charge in [-0.25, -0.2) is 0 Å². The molecule has 7 heteroatoms. The molecule has 0 spiro atoms. The first-order chi connectivity index (χ1) is 14.4. The molecule has 0 saturated carbocycles. The molecule has 152 valence electrons. The van der Waals surface area contributed by atoms with E-state index in [0.717, 1.165) is 5.56 Å². The van der Waals surface area contributed by atoms with E-state index in [1.807, 2.05) is 6.07 Å². The molecule has 2 amide bonds. The van der Waals surface area contributed by atoms with Gasteiger partial charge in [-0.2, -0.15) is 0 Å². The van der Waals surface area contributed by atoms with Gasteiger partial charge in [0, 0.05) is 28.9 Å². The number of carbonyl (C=O) groups is 3. The standard InChI is InChI=1S/C23H19ClN2O4/c1-15(27)30-21-7-3-5-17(14-21)23(29)26-20-10-8-19(9-11-20)25-22(28)13-16-4-2-6-18(24)12-16/h2-12,14H,13H2,1H3,(H,25,28)(H,26,29). The fourth-order valence-electron chi connectivity index (χ4n) is 2.74. The van der Waals surface area contributed by atoms with Crippen LogP contribution in [0, 0.1) is 0 Å². The highest BCUT2D eigenvalue weighted by molar-refractivity contribution is 6.30. The van der Waals surface area contributed by atoms with E-state index in [1.165, 1.54) is 13.0 Å². The van der Waals surface area contributed by atoms with E-state index in [2.05, 4.69) is 10.6 Å². The molecule has 6 nitrogen and oxygen atoms in total. The lowest BCUT2D eigenvalue weighted by Crippen LogP contribution is -2.15. The monoisotopic (exact) mass is 422 g/mol. The minimum absolute atomic E-state index is 0.170. The maximum absolute atomic E-state index is 12.4.